The van der Waals surface area contributed by atoms with Gasteiger partial charge in [0.2, 0.25) is 0 Å². The van der Waals surface area contributed by atoms with Gasteiger partial charge in [0.05, 0.1) is 6.42 Å². The van der Waals surface area contributed by atoms with Crippen molar-refractivity contribution in [3.05, 3.63) is 35.9 Å². The molecule has 4 nitrogen and oxygen atoms in total. The van der Waals surface area contributed by atoms with Crippen LogP contribution in [0.3, 0.4) is 0 Å². The highest BCUT2D eigenvalue weighted by Gasteiger charge is 2.46. The normalized spacial score (nSPS) is 30.3. The lowest BCUT2D eigenvalue weighted by Crippen LogP contribution is -2.60. The number of likely N-dealkylation sites (tertiary alicyclic amines) is 1. The first-order valence-electron chi connectivity index (χ1n) is 9.20. The van der Waals surface area contributed by atoms with Gasteiger partial charge in [0.25, 0.3) is 0 Å². The molecule has 2 unspecified atom stereocenters. The summed E-state index contributed by atoms with van der Waals surface area (Å²) in [5.41, 5.74) is 1.03. The molecule has 2 fully saturated rings. The van der Waals surface area contributed by atoms with E-state index < -0.39 is 0 Å². The van der Waals surface area contributed by atoms with Crippen LogP contribution in [-0.4, -0.2) is 61.6 Å². The number of benzene rings is 1. The lowest BCUT2D eigenvalue weighted by atomic mass is 9.71. The molecule has 1 saturated carbocycles. The maximum atomic E-state index is 12.5. The highest BCUT2D eigenvalue weighted by atomic mass is 16.5. The van der Waals surface area contributed by atoms with Gasteiger partial charge in [-0.2, -0.15) is 0 Å². The minimum Gasteiger partial charge on any atom is -0.461 e. The van der Waals surface area contributed by atoms with E-state index in [4.69, 9.17) is 4.74 Å². The minimum atomic E-state index is -0.0782. The van der Waals surface area contributed by atoms with Gasteiger partial charge in [-0.15, -0.1) is 0 Å². The fourth-order valence-electron chi connectivity index (χ4n) is 4.50. The van der Waals surface area contributed by atoms with Crippen LogP contribution in [0.1, 0.15) is 25.3 Å². The second-order valence-corrected chi connectivity index (χ2v) is 7.50. The van der Waals surface area contributed by atoms with Crippen molar-refractivity contribution in [2.24, 2.45) is 11.8 Å². The standard InChI is InChI=1S/C20H30N2O2/c1-4-22-13-16-10-11-18(21(2)3)17(14-22)20(16)24-19(23)12-15-8-6-5-7-9-15/h5-9,16-18,20H,4,10-14H2,1-3H3/t16?,17?,18-,20-/m1/s1. The van der Waals surface area contributed by atoms with E-state index >= 15 is 0 Å². The zero-order valence-electron chi connectivity index (χ0n) is 15.1. The van der Waals surface area contributed by atoms with Gasteiger partial charge in [0, 0.05) is 31.0 Å². The van der Waals surface area contributed by atoms with Crippen molar-refractivity contribution in [3.63, 3.8) is 0 Å². The molecule has 2 aliphatic rings. The fourth-order valence-corrected chi connectivity index (χ4v) is 4.50. The van der Waals surface area contributed by atoms with Gasteiger partial charge in [-0.3, -0.25) is 4.79 Å². The molecule has 0 radical (unpaired) electrons. The van der Waals surface area contributed by atoms with Gasteiger partial charge in [0.1, 0.15) is 6.10 Å². The highest BCUT2D eigenvalue weighted by molar-refractivity contribution is 5.72. The average Bonchev–Trinajstić information content (AvgIpc) is 2.55. The summed E-state index contributed by atoms with van der Waals surface area (Å²) in [6.07, 6.45) is 2.82. The van der Waals surface area contributed by atoms with Crippen LogP contribution in [0.15, 0.2) is 30.3 Å². The summed E-state index contributed by atoms with van der Waals surface area (Å²) in [4.78, 5) is 17.3. The Morgan fingerprint density at radius 2 is 1.96 bits per heavy atom. The van der Waals surface area contributed by atoms with E-state index in [9.17, 15) is 4.79 Å². The fraction of sp³-hybridized carbons (Fsp3) is 0.650. The third-order valence-electron chi connectivity index (χ3n) is 5.75. The largest absolute Gasteiger partial charge is 0.461 e. The molecule has 4 atom stereocenters. The molecule has 1 saturated heterocycles. The third-order valence-corrected chi connectivity index (χ3v) is 5.75. The maximum absolute atomic E-state index is 12.5. The molecule has 0 aromatic heterocycles. The van der Waals surface area contributed by atoms with E-state index in [0.717, 1.165) is 31.6 Å². The van der Waals surface area contributed by atoms with Crippen molar-refractivity contribution in [3.8, 4) is 0 Å². The monoisotopic (exact) mass is 330 g/mol. The van der Waals surface area contributed by atoms with E-state index in [-0.39, 0.29) is 12.1 Å². The number of hydrogen-bond donors (Lipinski definition) is 0. The van der Waals surface area contributed by atoms with Crippen molar-refractivity contribution >= 4 is 5.97 Å². The summed E-state index contributed by atoms with van der Waals surface area (Å²) in [6, 6.07) is 10.4. The van der Waals surface area contributed by atoms with Crippen LogP contribution in [0.5, 0.6) is 0 Å². The second-order valence-electron chi connectivity index (χ2n) is 7.50. The van der Waals surface area contributed by atoms with Crippen molar-refractivity contribution in [2.75, 3.05) is 33.7 Å². The van der Waals surface area contributed by atoms with E-state index in [1.807, 2.05) is 30.3 Å². The van der Waals surface area contributed by atoms with Gasteiger partial charge >= 0.3 is 5.97 Å². The Bertz CT molecular complexity index is 546. The quantitative estimate of drug-likeness (QED) is 0.777. The lowest BCUT2D eigenvalue weighted by Gasteiger charge is -2.51. The topological polar surface area (TPSA) is 32.8 Å². The van der Waals surface area contributed by atoms with Crippen molar-refractivity contribution in [1.82, 2.24) is 9.80 Å². The van der Waals surface area contributed by atoms with Crippen molar-refractivity contribution in [1.29, 1.82) is 0 Å². The molecule has 1 heterocycles. The molecule has 0 amide bonds. The highest BCUT2D eigenvalue weighted by Crippen LogP contribution is 2.38. The molecule has 132 valence electrons. The number of rotatable bonds is 5. The summed E-state index contributed by atoms with van der Waals surface area (Å²) >= 11 is 0. The number of nitrogens with zero attached hydrogens (tertiary/aromatic N) is 2. The summed E-state index contributed by atoms with van der Waals surface area (Å²) in [5.74, 6) is 0.831. The van der Waals surface area contributed by atoms with Gasteiger partial charge in [-0.1, -0.05) is 37.3 Å². The Morgan fingerprint density at radius 3 is 2.62 bits per heavy atom. The van der Waals surface area contributed by atoms with E-state index in [0.29, 0.717) is 24.3 Å². The predicted octanol–water partition coefficient (Wildman–Crippen LogP) is 2.43. The summed E-state index contributed by atoms with van der Waals surface area (Å²) in [6.45, 7) is 5.41. The number of piperidine rings is 1. The van der Waals surface area contributed by atoms with Crippen molar-refractivity contribution in [2.45, 2.75) is 38.3 Å². The van der Waals surface area contributed by atoms with Gasteiger partial charge in [-0.25, -0.2) is 0 Å². The van der Waals surface area contributed by atoms with Crippen LogP contribution >= 0.6 is 0 Å². The van der Waals surface area contributed by atoms with Crippen LogP contribution in [0, 0.1) is 11.8 Å². The predicted molar refractivity (Wildman–Crippen MR) is 95.8 cm³/mol. The first kappa shape index (κ1) is 17.4. The van der Waals surface area contributed by atoms with Gasteiger partial charge in [0.15, 0.2) is 0 Å². The minimum absolute atomic E-state index is 0.0742. The smallest absolute Gasteiger partial charge is 0.310 e. The molecule has 24 heavy (non-hydrogen) atoms. The Balaban J connectivity index is 1.69. The van der Waals surface area contributed by atoms with Crippen LogP contribution in [-0.2, 0) is 16.0 Å². The zero-order valence-corrected chi connectivity index (χ0v) is 15.1. The molecule has 1 aliphatic heterocycles. The number of carbonyl (C=O) groups excluding carboxylic acids is 1. The molecule has 1 aliphatic carbocycles. The Hall–Kier alpha value is -1.39. The maximum Gasteiger partial charge on any atom is 0.310 e. The van der Waals surface area contributed by atoms with Crippen LogP contribution < -0.4 is 0 Å². The lowest BCUT2D eigenvalue weighted by molar-refractivity contribution is -0.167. The van der Waals surface area contributed by atoms with Gasteiger partial charge in [-0.05, 0) is 39.0 Å². The van der Waals surface area contributed by atoms with E-state index in [1.165, 1.54) is 6.42 Å². The Labute approximate surface area is 145 Å². The summed E-state index contributed by atoms with van der Waals surface area (Å²) < 4.78 is 6.04. The molecule has 0 spiro atoms. The number of ether oxygens (including phenoxy) is 1. The van der Waals surface area contributed by atoms with Crippen molar-refractivity contribution < 1.29 is 9.53 Å². The molecule has 2 bridgehead atoms. The molecular formula is C20H30N2O2. The van der Waals surface area contributed by atoms with E-state index in [2.05, 4.69) is 30.8 Å². The second kappa shape index (κ2) is 7.66. The Morgan fingerprint density at radius 1 is 1.21 bits per heavy atom. The van der Waals surface area contributed by atoms with Crippen LogP contribution in [0.4, 0.5) is 0 Å². The number of fused-ring (bicyclic) bond motifs is 2. The molecule has 3 rings (SSSR count). The third kappa shape index (κ3) is 3.81. The molecule has 0 N–H and O–H groups in total. The van der Waals surface area contributed by atoms with Gasteiger partial charge < -0.3 is 14.5 Å². The molecule has 4 heteroatoms. The molecule has 1 aromatic rings. The molecule has 1 aromatic carbocycles. The first-order chi connectivity index (χ1) is 11.6. The number of carbonyl (C=O) groups is 1. The number of esters is 1. The first-order valence-corrected chi connectivity index (χ1v) is 9.20. The summed E-state index contributed by atoms with van der Waals surface area (Å²) in [5, 5.41) is 0. The summed E-state index contributed by atoms with van der Waals surface area (Å²) in [7, 11) is 4.30. The van der Waals surface area contributed by atoms with E-state index in [1.54, 1.807) is 0 Å². The Kier molecular flexibility index (Phi) is 5.57. The molecular weight excluding hydrogens is 300 g/mol. The SMILES string of the molecule is CCN1CC2CC[C@@H](N(C)C)C(C1)[C@@H]2OC(=O)Cc1ccccc1. The average molecular weight is 330 g/mol. The van der Waals surface area contributed by atoms with Crippen LogP contribution in [0.2, 0.25) is 0 Å². The zero-order chi connectivity index (χ0) is 17.1. The van der Waals surface area contributed by atoms with Crippen LogP contribution in [0.25, 0.3) is 0 Å². The number of hydrogen-bond acceptors (Lipinski definition) is 4.